The zero-order chi connectivity index (χ0) is 20.4. The van der Waals surface area contributed by atoms with Gasteiger partial charge in [0.2, 0.25) is 11.9 Å². The van der Waals surface area contributed by atoms with Crippen molar-refractivity contribution in [3.8, 4) is 11.3 Å². The number of nitrogens with two attached hydrogens (primary N) is 1. The van der Waals surface area contributed by atoms with Gasteiger partial charge >= 0.3 is 0 Å². The van der Waals surface area contributed by atoms with E-state index < -0.39 is 0 Å². The molecule has 0 aliphatic carbocycles. The van der Waals surface area contributed by atoms with Crippen LogP contribution in [0.1, 0.15) is 25.5 Å². The van der Waals surface area contributed by atoms with Crippen molar-refractivity contribution in [1.29, 1.82) is 0 Å². The summed E-state index contributed by atoms with van der Waals surface area (Å²) >= 11 is 0. The van der Waals surface area contributed by atoms with E-state index in [0.717, 1.165) is 33.4 Å². The van der Waals surface area contributed by atoms with Crippen LogP contribution < -0.4 is 11.1 Å². The topological polar surface area (TPSA) is 98.7 Å². The SMILES string of the molecule is CC(C)n1cc(-c2ccnc(Nc3cccc(CC(N)=O)c3)n2)c2ccncc21. The molecule has 0 fully saturated rings. The first-order valence-corrected chi connectivity index (χ1v) is 9.43. The number of amides is 1. The highest BCUT2D eigenvalue weighted by molar-refractivity contribution is 5.94. The number of pyridine rings is 1. The molecule has 0 unspecified atom stereocenters. The van der Waals surface area contributed by atoms with Gasteiger partial charge in [-0.25, -0.2) is 9.97 Å². The Morgan fingerprint density at radius 2 is 2.07 bits per heavy atom. The van der Waals surface area contributed by atoms with Crippen molar-refractivity contribution < 1.29 is 4.79 Å². The van der Waals surface area contributed by atoms with Gasteiger partial charge in [-0.3, -0.25) is 9.78 Å². The Labute approximate surface area is 168 Å². The Hall–Kier alpha value is -3.74. The molecule has 0 aliphatic rings. The van der Waals surface area contributed by atoms with E-state index in [1.54, 1.807) is 12.4 Å². The van der Waals surface area contributed by atoms with Crippen molar-refractivity contribution in [1.82, 2.24) is 19.5 Å². The Kier molecular flexibility index (Phi) is 4.95. The van der Waals surface area contributed by atoms with E-state index in [2.05, 4.69) is 39.9 Å². The van der Waals surface area contributed by atoms with Gasteiger partial charge in [0.1, 0.15) is 0 Å². The molecule has 4 rings (SSSR count). The predicted molar refractivity (Wildman–Crippen MR) is 114 cm³/mol. The van der Waals surface area contributed by atoms with E-state index >= 15 is 0 Å². The summed E-state index contributed by atoms with van der Waals surface area (Å²) in [5, 5.41) is 4.31. The average molecular weight is 386 g/mol. The lowest BCUT2D eigenvalue weighted by Crippen LogP contribution is -2.13. The number of nitrogens with one attached hydrogen (secondary N) is 1. The van der Waals surface area contributed by atoms with Crippen molar-refractivity contribution in [2.24, 2.45) is 5.73 Å². The maximum Gasteiger partial charge on any atom is 0.227 e. The highest BCUT2D eigenvalue weighted by Gasteiger charge is 2.14. The van der Waals surface area contributed by atoms with Gasteiger partial charge in [-0.15, -0.1) is 0 Å². The number of carbonyl (C=O) groups excluding carboxylic acids is 1. The third kappa shape index (κ3) is 3.94. The molecule has 3 heterocycles. The van der Waals surface area contributed by atoms with Crippen LogP contribution in [-0.2, 0) is 11.2 Å². The summed E-state index contributed by atoms with van der Waals surface area (Å²) in [6, 6.07) is 11.7. The minimum atomic E-state index is -0.364. The zero-order valence-electron chi connectivity index (χ0n) is 16.3. The molecule has 0 saturated carbocycles. The fourth-order valence-electron chi connectivity index (χ4n) is 3.39. The third-order valence-electron chi connectivity index (χ3n) is 4.69. The minimum absolute atomic E-state index is 0.194. The Morgan fingerprint density at radius 3 is 2.86 bits per heavy atom. The van der Waals surface area contributed by atoms with Gasteiger partial charge in [0.05, 0.1) is 23.8 Å². The highest BCUT2D eigenvalue weighted by Crippen LogP contribution is 2.31. The van der Waals surface area contributed by atoms with Crippen LogP contribution in [0.3, 0.4) is 0 Å². The summed E-state index contributed by atoms with van der Waals surface area (Å²) in [4.78, 5) is 24.5. The molecule has 4 aromatic rings. The van der Waals surface area contributed by atoms with Crippen LogP contribution in [0, 0.1) is 0 Å². The van der Waals surface area contributed by atoms with Crippen LogP contribution >= 0.6 is 0 Å². The van der Waals surface area contributed by atoms with Crippen LogP contribution in [0.5, 0.6) is 0 Å². The van der Waals surface area contributed by atoms with Crippen molar-refractivity contribution in [3.63, 3.8) is 0 Å². The molecule has 146 valence electrons. The molecule has 3 N–H and O–H groups in total. The van der Waals surface area contributed by atoms with Crippen LogP contribution in [0.2, 0.25) is 0 Å². The largest absolute Gasteiger partial charge is 0.369 e. The molecule has 29 heavy (non-hydrogen) atoms. The van der Waals surface area contributed by atoms with E-state index in [1.165, 1.54) is 0 Å². The van der Waals surface area contributed by atoms with E-state index in [0.29, 0.717) is 12.0 Å². The molecule has 0 saturated heterocycles. The maximum atomic E-state index is 11.2. The number of aromatic nitrogens is 4. The molecule has 0 spiro atoms. The van der Waals surface area contributed by atoms with Gasteiger partial charge < -0.3 is 15.6 Å². The van der Waals surface area contributed by atoms with Crippen LogP contribution in [0.4, 0.5) is 11.6 Å². The number of carbonyl (C=O) groups is 1. The quantitative estimate of drug-likeness (QED) is 0.524. The van der Waals surface area contributed by atoms with Crippen molar-refractivity contribution in [3.05, 3.63) is 66.7 Å². The summed E-state index contributed by atoms with van der Waals surface area (Å²) in [6.07, 6.45) is 7.71. The number of anilines is 2. The number of rotatable bonds is 6. The lowest BCUT2D eigenvalue weighted by atomic mass is 10.1. The van der Waals surface area contributed by atoms with E-state index in [9.17, 15) is 4.79 Å². The smallest absolute Gasteiger partial charge is 0.227 e. The molecular weight excluding hydrogens is 364 g/mol. The van der Waals surface area contributed by atoms with Gasteiger partial charge in [-0.1, -0.05) is 12.1 Å². The second-order valence-electron chi connectivity index (χ2n) is 7.17. The Bertz CT molecular complexity index is 1180. The number of nitrogens with zero attached hydrogens (tertiary/aromatic N) is 4. The summed E-state index contributed by atoms with van der Waals surface area (Å²) < 4.78 is 2.19. The third-order valence-corrected chi connectivity index (χ3v) is 4.69. The zero-order valence-corrected chi connectivity index (χ0v) is 16.3. The summed E-state index contributed by atoms with van der Waals surface area (Å²) in [6.45, 7) is 4.28. The van der Waals surface area contributed by atoms with Gasteiger partial charge in [0.15, 0.2) is 0 Å². The predicted octanol–water partition coefficient (Wildman–Crippen LogP) is 3.85. The van der Waals surface area contributed by atoms with Crippen LogP contribution in [0.25, 0.3) is 22.2 Å². The highest BCUT2D eigenvalue weighted by atomic mass is 16.1. The molecule has 7 nitrogen and oxygen atoms in total. The molecule has 7 heteroatoms. The molecule has 0 atom stereocenters. The van der Waals surface area contributed by atoms with Gasteiger partial charge in [0.25, 0.3) is 0 Å². The van der Waals surface area contributed by atoms with Gasteiger partial charge in [-0.05, 0) is 43.7 Å². The first-order valence-electron chi connectivity index (χ1n) is 9.43. The van der Waals surface area contributed by atoms with Crippen molar-refractivity contribution in [2.45, 2.75) is 26.3 Å². The van der Waals surface area contributed by atoms with Crippen LogP contribution in [-0.4, -0.2) is 25.4 Å². The normalized spacial score (nSPS) is 11.1. The summed E-state index contributed by atoms with van der Waals surface area (Å²) in [5.74, 6) is 0.120. The number of primary amides is 1. The first kappa shape index (κ1) is 18.6. The average Bonchev–Trinajstić information content (AvgIpc) is 3.08. The summed E-state index contributed by atoms with van der Waals surface area (Å²) in [5.41, 5.74) is 9.86. The molecule has 1 aromatic carbocycles. The Morgan fingerprint density at radius 1 is 1.21 bits per heavy atom. The first-order chi connectivity index (χ1) is 14.0. The molecule has 3 aromatic heterocycles. The fourth-order valence-corrected chi connectivity index (χ4v) is 3.39. The monoisotopic (exact) mass is 386 g/mol. The van der Waals surface area contributed by atoms with Crippen LogP contribution in [0.15, 0.2) is 61.2 Å². The second kappa shape index (κ2) is 7.71. The van der Waals surface area contributed by atoms with E-state index in [1.807, 2.05) is 42.6 Å². The van der Waals surface area contributed by atoms with Gasteiger partial charge in [-0.2, -0.15) is 0 Å². The summed E-state index contributed by atoms with van der Waals surface area (Å²) in [7, 11) is 0. The number of benzene rings is 1. The standard InChI is InChI=1S/C22H22N6O/c1-14(2)28-13-18(17-6-8-24-12-20(17)28)19-7-9-25-22(27-19)26-16-5-3-4-15(10-16)11-21(23)29/h3-10,12-14H,11H2,1-2H3,(H2,23,29)(H,25,26,27). The molecule has 0 radical (unpaired) electrons. The van der Waals surface area contributed by atoms with Crippen molar-refractivity contribution >= 4 is 28.4 Å². The van der Waals surface area contributed by atoms with E-state index in [-0.39, 0.29) is 12.3 Å². The fraction of sp³-hybridized carbons (Fsp3) is 0.182. The van der Waals surface area contributed by atoms with Crippen molar-refractivity contribution in [2.75, 3.05) is 5.32 Å². The Balaban J connectivity index is 1.69. The minimum Gasteiger partial charge on any atom is -0.369 e. The molecule has 0 aliphatic heterocycles. The lowest BCUT2D eigenvalue weighted by molar-refractivity contribution is -0.117. The second-order valence-corrected chi connectivity index (χ2v) is 7.17. The number of fused-ring (bicyclic) bond motifs is 1. The molecular formula is C22H22N6O. The molecule has 0 bridgehead atoms. The number of hydrogen-bond donors (Lipinski definition) is 2. The molecule has 1 amide bonds. The lowest BCUT2D eigenvalue weighted by Gasteiger charge is -2.08. The number of hydrogen-bond acceptors (Lipinski definition) is 5. The van der Waals surface area contributed by atoms with E-state index in [4.69, 9.17) is 10.7 Å². The van der Waals surface area contributed by atoms with Gasteiger partial charge in [0, 0.05) is 41.3 Å². The maximum absolute atomic E-state index is 11.2.